The van der Waals surface area contributed by atoms with Gasteiger partial charge in [0.2, 0.25) is 5.91 Å². The molecule has 0 saturated carbocycles. The number of nitrogens with one attached hydrogen (secondary N) is 1. The minimum atomic E-state index is -0.542. The summed E-state index contributed by atoms with van der Waals surface area (Å²) in [4.78, 5) is 27.0. The zero-order chi connectivity index (χ0) is 21.4. The van der Waals surface area contributed by atoms with E-state index in [1.54, 1.807) is 11.9 Å². The number of hydrogen-bond acceptors (Lipinski definition) is 3. The molecule has 2 amide bonds. The molecule has 0 bridgehead atoms. The van der Waals surface area contributed by atoms with Gasteiger partial charge in [-0.3, -0.25) is 9.59 Å². The summed E-state index contributed by atoms with van der Waals surface area (Å²) in [6.45, 7) is 8.43. The fraction of sp³-hybridized carbons (Fsp3) is 0.417. The molecule has 1 N–H and O–H groups in total. The second kappa shape index (κ2) is 10.6. The van der Waals surface area contributed by atoms with E-state index in [9.17, 15) is 9.59 Å². The van der Waals surface area contributed by atoms with Gasteiger partial charge in [0.15, 0.2) is 6.61 Å². The number of carbonyl (C=O) groups excluding carboxylic acids is 2. The summed E-state index contributed by atoms with van der Waals surface area (Å²) >= 11 is 0. The van der Waals surface area contributed by atoms with Crippen molar-refractivity contribution in [2.75, 3.05) is 13.7 Å². The zero-order valence-corrected chi connectivity index (χ0v) is 18.1. The number of nitrogens with zero attached hydrogens (tertiary/aromatic N) is 1. The highest BCUT2D eigenvalue weighted by Crippen LogP contribution is 2.19. The van der Waals surface area contributed by atoms with Gasteiger partial charge in [0.05, 0.1) is 0 Å². The summed E-state index contributed by atoms with van der Waals surface area (Å²) in [6.07, 6.45) is 0.528. The molecule has 0 heterocycles. The van der Waals surface area contributed by atoms with Crippen LogP contribution in [0.15, 0.2) is 48.5 Å². The zero-order valence-electron chi connectivity index (χ0n) is 18.1. The van der Waals surface area contributed by atoms with Crippen LogP contribution in [0.5, 0.6) is 5.75 Å². The van der Waals surface area contributed by atoms with Crippen LogP contribution >= 0.6 is 0 Å². The fourth-order valence-corrected chi connectivity index (χ4v) is 3.27. The summed E-state index contributed by atoms with van der Waals surface area (Å²) in [6, 6.07) is 15.2. The number of rotatable bonds is 9. The van der Waals surface area contributed by atoms with E-state index < -0.39 is 6.04 Å². The maximum Gasteiger partial charge on any atom is 0.261 e. The Bertz CT molecular complexity index is 815. The first kappa shape index (κ1) is 22.5. The van der Waals surface area contributed by atoms with Gasteiger partial charge in [0.25, 0.3) is 5.91 Å². The van der Waals surface area contributed by atoms with E-state index in [-0.39, 0.29) is 18.4 Å². The van der Waals surface area contributed by atoms with Crippen molar-refractivity contribution in [2.45, 2.75) is 52.6 Å². The van der Waals surface area contributed by atoms with Gasteiger partial charge in [-0.25, -0.2) is 0 Å². The third-order valence-electron chi connectivity index (χ3n) is 4.98. The number of amides is 2. The SMILES string of the molecule is CCC(C(=O)NC)N(Cc1cccc(C)c1)C(=O)COc1ccc(C(C)C)cc1. The van der Waals surface area contributed by atoms with Crippen LogP contribution in [0, 0.1) is 6.92 Å². The number of hydrogen-bond donors (Lipinski definition) is 1. The lowest BCUT2D eigenvalue weighted by molar-refractivity contribution is -0.142. The molecule has 0 aromatic heterocycles. The molecule has 1 unspecified atom stereocenters. The Balaban J connectivity index is 2.15. The van der Waals surface area contributed by atoms with Crippen LogP contribution in [0.25, 0.3) is 0 Å². The predicted octanol–water partition coefficient (Wildman–Crippen LogP) is 4.05. The average Bonchev–Trinajstić information content (AvgIpc) is 2.71. The van der Waals surface area contributed by atoms with Gasteiger partial charge in [-0.05, 0) is 42.5 Å². The van der Waals surface area contributed by atoms with Crippen LogP contribution < -0.4 is 10.1 Å². The van der Waals surface area contributed by atoms with Gasteiger partial charge in [-0.15, -0.1) is 0 Å². The Morgan fingerprint density at radius 2 is 1.79 bits per heavy atom. The fourth-order valence-electron chi connectivity index (χ4n) is 3.27. The Morgan fingerprint density at radius 3 is 2.34 bits per heavy atom. The number of carbonyl (C=O) groups is 2. The number of aryl methyl sites for hydroxylation is 1. The van der Waals surface area contributed by atoms with E-state index in [1.165, 1.54) is 5.56 Å². The summed E-state index contributed by atoms with van der Waals surface area (Å²) in [5, 5.41) is 2.67. The molecule has 0 aliphatic carbocycles. The lowest BCUT2D eigenvalue weighted by Gasteiger charge is -2.30. The first-order valence-corrected chi connectivity index (χ1v) is 10.1. The monoisotopic (exact) mass is 396 g/mol. The van der Waals surface area contributed by atoms with E-state index in [1.807, 2.05) is 62.4 Å². The van der Waals surface area contributed by atoms with Gasteiger partial charge in [-0.1, -0.05) is 62.7 Å². The van der Waals surface area contributed by atoms with Crippen molar-refractivity contribution >= 4 is 11.8 Å². The second-order valence-corrected chi connectivity index (χ2v) is 7.56. The maximum atomic E-state index is 13.0. The smallest absolute Gasteiger partial charge is 0.261 e. The first-order chi connectivity index (χ1) is 13.8. The van der Waals surface area contributed by atoms with Crippen molar-refractivity contribution in [3.05, 3.63) is 65.2 Å². The molecule has 5 heteroatoms. The molecular formula is C24H32N2O3. The van der Waals surface area contributed by atoms with Crippen LogP contribution in [-0.2, 0) is 16.1 Å². The molecule has 156 valence electrons. The molecule has 0 aliphatic heterocycles. The largest absolute Gasteiger partial charge is 0.484 e. The third kappa shape index (κ3) is 6.34. The Morgan fingerprint density at radius 1 is 1.10 bits per heavy atom. The molecule has 0 fully saturated rings. The van der Waals surface area contributed by atoms with Crippen LogP contribution in [0.2, 0.25) is 0 Å². The van der Waals surface area contributed by atoms with Crippen molar-refractivity contribution in [2.24, 2.45) is 0 Å². The molecular weight excluding hydrogens is 364 g/mol. The minimum absolute atomic E-state index is 0.111. The van der Waals surface area contributed by atoms with Crippen molar-refractivity contribution < 1.29 is 14.3 Å². The summed E-state index contributed by atoms with van der Waals surface area (Å²) in [7, 11) is 1.59. The quantitative estimate of drug-likeness (QED) is 0.696. The first-order valence-electron chi connectivity index (χ1n) is 10.1. The predicted molar refractivity (Wildman–Crippen MR) is 116 cm³/mol. The Kier molecular flexibility index (Phi) is 8.25. The molecule has 0 saturated heterocycles. The molecule has 1 atom stereocenters. The Labute approximate surface area is 174 Å². The lowest BCUT2D eigenvalue weighted by atomic mass is 10.0. The van der Waals surface area contributed by atoms with E-state index in [0.29, 0.717) is 24.6 Å². The van der Waals surface area contributed by atoms with E-state index in [0.717, 1.165) is 11.1 Å². The van der Waals surface area contributed by atoms with Gasteiger partial charge in [0, 0.05) is 13.6 Å². The molecule has 0 radical (unpaired) electrons. The van der Waals surface area contributed by atoms with Crippen molar-refractivity contribution in [3.63, 3.8) is 0 Å². The van der Waals surface area contributed by atoms with Gasteiger partial charge in [-0.2, -0.15) is 0 Å². The maximum absolute atomic E-state index is 13.0. The van der Waals surface area contributed by atoms with Crippen LogP contribution in [0.3, 0.4) is 0 Å². The van der Waals surface area contributed by atoms with Crippen molar-refractivity contribution in [1.29, 1.82) is 0 Å². The number of ether oxygens (including phenoxy) is 1. The van der Waals surface area contributed by atoms with Gasteiger partial charge >= 0.3 is 0 Å². The molecule has 2 aromatic rings. The standard InChI is InChI=1S/C24H32N2O3/c1-6-22(24(28)25-5)26(15-19-9-7-8-18(4)14-19)23(27)16-29-21-12-10-20(11-13-21)17(2)3/h7-14,17,22H,6,15-16H2,1-5H3,(H,25,28). The number of likely N-dealkylation sites (N-methyl/N-ethyl adjacent to an activating group) is 1. The summed E-state index contributed by atoms with van der Waals surface area (Å²) < 4.78 is 5.73. The topological polar surface area (TPSA) is 58.6 Å². The van der Waals surface area contributed by atoms with Crippen LogP contribution in [0.4, 0.5) is 0 Å². The van der Waals surface area contributed by atoms with E-state index in [4.69, 9.17) is 4.74 Å². The van der Waals surface area contributed by atoms with Crippen LogP contribution in [0.1, 0.15) is 49.8 Å². The van der Waals surface area contributed by atoms with Gasteiger partial charge < -0.3 is 15.0 Å². The summed E-state index contributed by atoms with van der Waals surface area (Å²) in [5.41, 5.74) is 3.32. The van der Waals surface area contributed by atoms with Crippen molar-refractivity contribution in [3.8, 4) is 5.75 Å². The normalized spacial score (nSPS) is 11.8. The molecule has 0 spiro atoms. The molecule has 5 nitrogen and oxygen atoms in total. The highest BCUT2D eigenvalue weighted by atomic mass is 16.5. The number of benzene rings is 2. The second-order valence-electron chi connectivity index (χ2n) is 7.56. The highest BCUT2D eigenvalue weighted by Gasteiger charge is 2.28. The highest BCUT2D eigenvalue weighted by molar-refractivity contribution is 5.88. The van der Waals surface area contributed by atoms with E-state index in [2.05, 4.69) is 19.2 Å². The molecule has 0 aliphatic rings. The molecule has 29 heavy (non-hydrogen) atoms. The molecule has 2 aromatic carbocycles. The lowest BCUT2D eigenvalue weighted by Crippen LogP contribution is -2.49. The van der Waals surface area contributed by atoms with Gasteiger partial charge in [0.1, 0.15) is 11.8 Å². The third-order valence-corrected chi connectivity index (χ3v) is 4.98. The minimum Gasteiger partial charge on any atom is -0.484 e. The van der Waals surface area contributed by atoms with Crippen LogP contribution in [-0.4, -0.2) is 36.4 Å². The summed E-state index contributed by atoms with van der Waals surface area (Å²) in [5.74, 6) is 0.698. The van der Waals surface area contributed by atoms with E-state index >= 15 is 0 Å². The Hall–Kier alpha value is -2.82. The molecule has 2 rings (SSSR count). The van der Waals surface area contributed by atoms with Crippen molar-refractivity contribution in [1.82, 2.24) is 10.2 Å². The average molecular weight is 397 g/mol.